The Bertz CT molecular complexity index is 599. The molecule has 108 valence electrons. The quantitative estimate of drug-likeness (QED) is 0.842. The summed E-state index contributed by atoms with van der Waals surface area (Å²) in [6, 6.07) is 0. The molecule has 0 fully saturated rings. The minimum absolute atomic E-state index is 0.0588. The Morgan fingerprint density at radius 3 is 2.80 bits per heavy atom. The molecular formula is C13H18N4O2S. The van der Waals surface area contributed by atoms with E-state index in [9.17, 15) is 4.79 Å². The second kappa shape index (κ2) is 6.62. The summed E-state index contributed by atoms with van der Waals surface area (Å²) >= 11 is 1.25. The molecule has 0 aromatic carbocycles. The average Bonchev–Trinajstić information content (AvgIpc) is 2.80. The van der Waals surface area contributed by atoms with Crippen LogP contribution in [0, 0.1) is 0 Å². The fourth-order valence-electron chi connectivity index (χ4n) is 1.93. The second-order valence-electron chi connectivity index (χ2n) is 4.42. The van der Waals surface area contributed by atoms with Gasteiger partial charge in [-0.05, 0) is 6.42 Å². The van der Waals surface area contributed by atoms with Gasteiger partial charge in [0.25, 0.3) is 5.91 Å². The molecule has 20 heavy (non-hydrogen) atoms. The number of aliphatic hydroxyl groups is 1. The van der Waals surface area contributed by atoms with Gasteiger partial charge in [0, 0.05) is 25.5 Å². The maximum Gasteiger partial charge on any atom is 0.266 e. The molecule has 0 radical (unpaired) electrons. The Morgan fingerprint density at radius 2 is 2.15 bits per heavy atom. The number of anilines is 1. The Balaban J connectivity index is 2.30. The predicted octanol–water partition coefficient (Wildman–Crippen LogP) is 1.51. The number of aromatic nitrogens is 2. The largest absolute Gasteiger partial charge is 0.396 e. The van der Waals surface area contributed by atoms with Crippen LogP contribution >= 0.6 is 11.3 Å². The SMILES string of the molecule is CCCCN(CCO)C(=O)c1sc2nccnc2c1N. The third kappa shape index (κ3) is 2.88. The highest BCUT2D eigenvalue weighted by molar-refractivity contribution is 7.21. The van der Waals surface area contributed by atoms with Gasteiger partial charge in [-0.3, -0.25) is 4.79 Å². The summed E-state index contributed by atoms with van der Waals surface area (Å²) in [7, 11) is 0. The number of nitrogen functional groups attached to an aromatic ring is 1. The highest BCUT2D eigenvalue weighted by Crippen LogP contribution is 2.31. The summed E-state index contributed by atoms with van der Waals surface area (Å²) in [6.45, 7) is 2.93. The van der Waals surface area contributed by atoms with E-state index in [1.807, 2.05) is 0 Å². The zero-order valence-corrected chi connectivity index (χ0v) is 12.2. The fraction of sp³-hybridized carbons (Fsp3) is 0.462. The zero-order chi connectivity index (χ0) is 14.5. The summed E-state index contributed by atoms with van der Waals surface area (Å²) < 4.78 is 0. The van der Waals surface area contributed by atoms with Crippen LogP contribution in [0.5, 0.6) is 0 Å². The van der Waals surface area contributed by atoms with Crippen molar-refractivity contribution in [1.82, 2.24) is 14.9 Å². The van der Waals surface area contributed by atoms with Gasteiger partial charge in [0.05, 0.1) is 12.3 Å². The molecule has 0 atom stereocenters. The van der Waals surface area contributed by atoms with Crippen LogP contribution in [0.25, 0.3) is 10.3 Å². The third-order valence-electron chi connectivity index (χ3n) is 3.00. The van der Waals surface area contributed by atoms with Crippen molar-refractivity contribution >= 4 is 33.3 Å². The molecule has 0 saturated carbocycles. The van der Waals surface area contributed by atoms with E-state index in [0.717, 1.165) is 12.8 Å². The van der Waals surface area contributed by atoms with Crippen molar-refractivity contribution in [1.29, 1.82) is 0 Å². The second-order valence-corrected chi connectivity index (χ2v) is 5.42. The minimum atomic E-state index is -0.158. The van der Waals surface area contributed by atoms with Crippen LogP contribution in [0.3, 0.4) is 0 Å². The maximum atomic E-state index is 12.5. The number of fused-ring (bicyclic) bond motifs is 1. The zero-order valence-electron chi connectivity index (χ0n) is 11.4. The lowest BCUT2D eigenvalue weighted by atomic mass is 10.2. The molecule has 0 aliphatic carbocycles. The van der Waals surface area contributed by atoms with E-state index in [2.05, 4.69) is 16.9 Å². The molecule has 6 nitrogen and oxygen atoms in total. The first kappa shape index (κ1) is 14.7. The van der Waals surface area contributed by atoms with E-state index in [4.69, 9.17) is 10.8 Å². The molecule has 1 amide bonds. The summed E-state index contributed by atoms with van der Waals surface area (Å²) in [4.78, 5) is 23.6. The van der Waals surface area contributed by atoms with Crippen molar-refractivity contribution in [3.05, 3.63) is 17.3 Å². The molecule has 2 aromatic rings. The number of hydrogen-bond acceptors (Lipinski definition) is 6. The van der Waals surface area contributed by atoms with E-state index < -0.39 is 0 Å². The molecule has 7 heteroatoms. The molecule has 0 saturated heterocycles. The van der Waals surface area contributed by atoms with Crippen molar-refractivity contribution in [3.8, 4) is 0 Å². The smallest absolute Gasteiger partial charge is 0.266 e. The number of thiophene rings is 1. The van der Waals surface area contributed by atoms with Crippen molar-refractivity contribution in [2.45, 2.75) is 19.8 Å². The lowest BCUT2D eigenvalue weighted by molar-refractivity contribution is 0.0725. The monoisotopic (exact) mass is 294 g/mol. The molecule has 0 spiro atoms. The summed E-state index contributed by atoms with van der Waals surface area (Å²) in [6.07, 6.45) is 5.02. The molecule has 0 aliphatic rings. The maximum absolute atomic E-state index is 12.5. The van der Waals surface area contributed by atoms with Gasteiger partial charge in [-0.1, -0.05) is 13.3 Å². The van der Waals surface area contributed by atoms with Crippen molar-refractivity contribution < 1.29 is 9.90 Å². The van der Waals surface area contributed by atoms with Crippen LogP contribution in [-0.2, 0) is 0 Å². The van der Waals surface area contributed by atoms with E-state index in [-0.39, 0.29) is 12.5 Å². The highest BCUT2D eigenvalue weighted by Gasteiger charge is 2.22. The van der Waals surface area contributed by atoms with Crippen LogP contribution in [0.2, 0.25) is 0 Å². The number of rotatable bonds is 6. The number of hydrogen-bond donors (Lipinski definition) is 2. The number of unbranched alkanes of at least 4 members (excludes halogenated alkanes) is 1. The van der Waals surface area contributed by atoms with Gasteiger partial charge in [0.1, 0.15) is 15.2 Å². The lowest BCUT2D eigenvalue weighted by Crippen LogP contribution is -2.34. The number of carbonyl (C=O) groups is 1. The van der Waals surface area contributed by atoms with E-state index in [1.54, 1.807) is 17.3 Å². The molecule has 2 aromatic heterocycles. The fourth-order valence-corrected chi connectivity index (χ4v) is 2.92. The summed E-state index contributed by atoms with van der Waals surface area (Å²) in [5.41, 5.74) is 6.95. The normalized spacial score (nSPS) is 10.9. The molecule has 2 heterocycles. The first-order valence-corrected chi connectivity index (χ1v) is 7.39. The van der Waals surface area contributed by atoms with Crippen molar-refractivity contribution in [2.24, 2.45) is 0 Å². The van der Waals surface area contributed by atoms with E-state index >= 15 is 0 Å². The van der Waals surface area contributed by atoms with Crippen LogP contribution in [-0.4, -0.2) is 45.6 Å². The predicted molar refractivity (Wildman–Crippen MR) is 79.7 cm³/mol. The average molecular weight is 294 g/mol. The highest BCUT2D eigenvalue weighted by atomic mass is 32.1. The van der Waals surface area contributed by atoms with Crippen LogP contribution in [0.1, 0.15) is 29.4 Å². The summed E-state index contributed by atoms with van der Waals surface area (Å²) in [5, 5.41) is 9.09. The topological polar surface area (TPSA) is 92.3 Å². The van der Waals surface area contributed by atoms with Gasteiger partial charge in [0.2, 0.25) is 0 Å². The first-order valence-electron chi connectivity index (χ1n) is 6.58. The van der Waals surface area contributed by atoms with Gasteiger partial charge in [-0.15, -0.1) is 11.3 Å². The van der Waals surface area contributed by atoms with Crippen LogP contribution < -0.4 is 5.73 Å². The molecule has 0 aliphatic heterocycles. The lowest BCUT2D eigenvalue weighted by Gasteiger charge is -2.20. The van der Waals surface area contributed by atoms with Gasteiger partial charge < -0.3 is 15.7 Å². The van der Waals surface area contributed by atoms with Gasteiger partial charge >= 0.3 is 0 Å². The molecule has 0 bridgehead atoms. The number of aliphatic hydroxyl groups excluding tert-OH is 1. The molecule has 3 N–H and O–H groups in total. The Labute approximate surface area is 121 Å². The third-order valence-corrected chi connectivity index (χ3v) is 4.09. The van der Waals surface area contributed by atoms with Crippen LogP contribution in [0.15, 0.2) is 12.4 Å². The van der Waals surface area contributed by atoms with E-state index in [0.29, 0.717) is 34.0 Å². The Kier molecular flexibility index (Phi) is 4.86. The Hall–Kier alpha value is -1.73. The standard InChI is InChI=1S/C13H18N4O2S/c1-2-3-6-17(7-8-18)13(19)11-9(14)10-12(20-11)16-5-4-15-10/h4-5,18H,2-3,6-8,14H2,1H3. The van der Waals surface area contributed by atoms with Crippen molar-refractivity contribution in [3.63, 3.8) is 0 Å². The molecule has 0 unspecified atom stereocenters. The van der Waals surface area contributed by atoms with Gasteiger partial charge in [-0.25, -0.2) is 9.97 Å². The van der Waals surface area contributed by atoms with Crippen LogP contribution in [0.4, 0.5) is 5.69 Å². The van der Waals surface area contributed by atoms with Crippen molar-refractivity contribution in [2.75, 3.05) is 25.4 Å². The summed E-state index contributed by atoms with van der Waals surface area (Å²) in [5.74, 6) is -0.158. The Morgan fingerprint density at radius 1 is 1.40 bits per heavy atom. The minimum Gasteiger partial charge on any atom is -0.396 e. The molecular weight excluding hydrogens is 276 g/mol. The number of carbonyl (C=O) groups excluding carboxylic acids is 1. The van der Waals surface area contributed by atoms with Gasteiger partial charge in [0.15, 0.2) is 0 Å². The number of amides is 1. The van der Waals surface area contributed by atoms with E-state index in [1.165, 1.54) is 11.3 Å². The number of nitrogens with zero attached hydrogens (tertiary/aromatic N) is 3. The number of nitrogens with two attached hydrogens (primary N) is 1. The molecule has 2 rings (SSSR count). The van der Waals surface area contributed by atoms with Gasteiger partial charge in [-0.2, -0.15) is 0 Å². The first-order chi connectivity index (χ1) is 9.69.